The van der Waals surface area contributed by atoms with E-state index in [1.165, 1.54) is 23.9 Å². The molecule has 1 aliphatic rings. The number of hydrogen-bond acceptors (Lipinski definition) is 6. The number of nitro groups is 1. The van der Waals surface area contributed by atoms with Crippen LogP contribution in [0, 0.1) is 10.1 Å². The molecule has 3 rings (SSSR count). The van der Waals surface area contributed by atoms with Crippen LogP contribution in [0.5, 0.6) is 5.75 Å². The van der Waals surface area contributed by atoms with E-state index in [1.54, 1.807) is 24.3 Å². The predicted molar refractivity (Wildman–Crippen MR) is 108 cm³/mol. The molecule has 0 aromatic heterocycles. The largest absolute Gasteiger partial charge is 0.488 e. The maximum atomic E-state index is 11.9. The Morgan fingerprint density at radius 3 is 2.62 bits per heavy atom. The number of benzene rings is 2. The number of non-ortho nitro benzene ring substituents is 1. The Labute approximate surface area is 166 Å². The van der Waals surface area contributed by atoms with Gasteiger partial charge in [-0.2, -0.15) is 0 Å². The number of nitrogens with one attached hydrogen (secondary N) is 1. The highest BCUT2D eigenvalue weighted by molar-refractivity contribution is 9.10. The SMILES string of the molecule is O=C1NC(=S)S/C1=C/c1cc(Br)ccc1OCc1ccc([N+](=O)[O-])cc1. The molecule has 0 saturated carbocycles. The Morgan fingerprint density at radius 1 is 1.27 bits per heavy atom. The smallest absolute Gasteiger partial charge is 0.269 e. The summed E-state index contributed by atoms with van der Waals surface area (Å²) in [5.74, 6) is 0.353. The minimum atomic E-state index is -0.446. The molecule has 0 spiro atoms. The van der Waals surface area contributed by atoms with Gasteiger partial charge in [-0.3, -0.25) is 14.9 Å². The third kappa shape index (κ3) is 4.48. The zero-order chi connectivity index (χ0) is 18.7. The second-order valence-electron chi connectivity index (χ2n) is 5.25. The Bertz CT molecular complexity index is 929. The predicted octanol–water partition coefficient (Wildman–Crippen LogP) is 4.43. The first-order chi connectivity index (χ1) is 12.4. The highest BCUT2D eigenvalue weighted by Gasteiger charge is 2.22. The minimum absolute atomic E-state index is 0.0306. The summed E-state index contributed by atoms with van der Waals surface area (Å²) in [4.78, 5) is 22.6. The summed E-state index contributed by atoms with van der Waals surface area (Å²) in [6.45, 7) is 0.244. The molecule has 0 aliphatic carbocycles. The van der Waals surface area contributed by atoms with Gasteiger partial charge in [0.15, 0.2) is 0 Å². The van der Waals surface area contributed by atoms with E-state index < -0.39 is 4.92 Å². The molecular weight excluding hydrogens is 440 g/mol. The number of nitro benzene ring substituents is 1. The highest BCUT2D eigenvalue weighted by atomic mass is 79.9. The first-order valence-electron chi connectivity index (χ1n) is 7.33. The molecule has 132 valence electrons. The molecule has 9 heteroatoms. The first kappa shape index (κ1) is 18.6. The van der Waals surface area contributed by atoms with E-state index >= 15 is 0 Å². The zero-order valence-electron chi connectivity index (χ0n) is 13.1. The fourth-order valence-corrected chi connectivity index (χ4v) is 3.61. The number of carbonyl (C=O) groups excluding carboxylic acids is 1. The number of thioether (sulfide) groups is 1. The van der Waals surface area contributed by atoms with Crippen LogP contribution in [0.15, 0.2) is 51.8 Å². The van der Waals surface area contributed by atoms with Crippen molar-refractivity contribution < 1.29 is 14.5 Å². The lowest BCUT2D eigenvalue weighted by Crippen LogP contribution is -2.17. The quantitative estimate of drug-likeness (QED) is 0.314. The second-order valence-corrected chi connectivity index (χ2v) is 7.88. The lowest BCUT2D eigenvalue weighted by atomic mass is 10.1. The molecule has 1 heterocycles. The number of hydrogen-bond donors (Lipinski definition) is 1. The third-order valence-corrected chi connectivity index (χ3v) is 5.10. The molecular formula is C17H11BrN2O4S2. The normalized spacial score (nSPS) is 15.2. The molecule has 0 radical (unpaired) electrons. The van der Waals surface area contributed by atoms with Crippen molar-refractivity contribution in [1.82, 2.24) is 5.32 Å². The number of carbonyl (C=O) groups is 1. The molecule has 1 aliphatic heterocycles. The van der Waals surface area contributed by atoms with Gasteiger partial charge in [0.1, 0.15) is 16.7 Å². The van der Waals surface area contributed by atoms with Gasteiger partial charge in [-0.1, -0.05) is 39.9 Å². The highest BCUT2D eigenvalue weighted by Crippen LogP contribution is 2.31. The molecule has 1 N–H and O–H groups in total. The number of ether oxygens (including phenoxy) is 1. The van der Waals surface area contributed by atoms with E-state index in [2.05, 4.69) is 21.2 Å². The van der Waals surface area contributed by atoms with E-state index in [4.69, 9.17) is 17.0 Å². The van der Waals surface area contributed by atoms with E-state index in [9.17, 15) is 14.9 Å². The van der Waals surface area contributed by atoms with Gasteiger partial charge in [0.05, 0.1) is 9.83 Å². The van der Waals surface area contributed by atoms with Crippen LogP contribution in [0.25, 0.3) is 6.08 Å². The van der Waals surface area contributed by atoms with E-state index in [0.717, 1.165) is 15.6 Å². The van der Waals surface area contributed by atoms with Crippen molar-refractivity contribution >= 4 is 61.9 Å². The molecule has 0 bridgehead atoms. The van der Waals surface area contributed by atoms with Gasteiger partial charge in [0, 0.05) is 22.2 Å². The van der Waals surface area contributed by atoms with Crippen LogP contribution >= 0.6 is 39.9 Å². The number of amides is 1. The van der Waals surface area contributed by atoms with Crippen molar-refractivity contribution in [2.75, 3.05) is 0 Å². The van der Waals surface area contributed by atoms with E-state index in [1.807, 2.05) is 12.1 Å². The van der Waals surface area contributed by atoms with Crippen LogP contribution in [0.4, 0.5) is 5.69 Å². The summed E-state index contributed by atoms with van der Waals surface area (Å²) in [6, 6.07) is 11.6. The third-order valence-electron chi connectivity index (χ3n) is 3.44. The fourth-order valence-electron chi connectivity index (χ4n) is 2.20. The topological polar surface area (TPSA) is 81.5 Å². The van der Waals surface area contributed by atoms with Gasteiger partial charge < -0.3 is 10.1 Å². The summed E-state index contributed by atoms with van der Waals surface area (Å²) in [5.41, 5.74) is 1.55. The molecule has 2 aromatic rings. The molecule has 1 fully saturated rings. The lowest BCUT2D eigenvalue weighted by Gasteiger charge is -2.10. The molecule has 6 nitrogen and oxygen atoms in total. The number of nitrogens with zero attached hydrogens (tertiary/aromatic N) is 1. The molecule has 1 saturated heterocycles. The van der Waals surface area contributed by atoms with Crippen molar-refractivity contribution in [3.05, 3.63) is 73.1 Å². The molecule has 0 unspecified atom stereocenters. The van der Waals surface area contributed by atoms with Crippen molar-refractivity contribution in [3.8, 4) is 5.75 Å². The number of rotatable bonds is 5. The zero-order valence-corrected chi connectivity index (χ0v) is 16.3. The number of thiocarbonyl (C=S) groups is 1. The van der Waals surface area contributed by atoms with E-state index in [0.29, 0.717) is 15.0 Å². The van der Waals surface area contributed by atoms with Gasteiger partial charge in [0.25, 0.3) is 11.6 Å². The van der Waals surface area contributed by atoms with Crippen LogP contribution in [0.2, 0.25) is 0 Å². The average Bonchev–Trinajstić information content (AvgIpc) is 2.92. The minimum Gasteiger partial charge on any atom is -0.488 e. The van der Waals surface area contributed by atoms with Gasteiger partial charge >= 0.3 is 0 Å². The van der Waals surface area contributed by atoms with Gasteiger partial charge in [-0.15, -0.1) is 0 Å². The van der Waals surface area contributed by atoms with Crippen molar-refractivity contribution in [3.63, 3.8) is 0 Å². The van der Waals surface area contributed by atoms with Crippen LogP contribution in [-0.2, 0) is 11.4 Å². The maximum absolute atomic E-state index is 11.9. The summed E-state index contributed by atoms with van der Waals surface area (Å²) in [7, 11) is 0. The van der Waals surface area contributed by atoms with Crippen LogP contribution in [0.3, 0.4) is 0 Å². The summed E-state index contributed by atoms with van der Waals surface area (Å²) in [6.07, 6.45) is 1.72. The average molecular weight is 451 g/mol. The van der Waals surface area contributed by atoms with Gasteiger partial charge in [-0.05, 0) is 42.0 Å². The lowest BCUT2D eigenvalue weighted by molar-refractivity contribution is -0.384. The molecule has 2 aromatic carbocycles. The Hall–Kier alpha value is -2.23. The Balaban J connectivity index is 1.80. The summed E-state index contributed by atoms with van der Waals surface area (Å²) < 4.78 is 7.11. The van der Waals surface area contributed by atoms with Crippen molar-refractivity contribution in [2.24, 2.45) is 0 Å². The van der Waals surface area contributed by atoms with Gasteiger partial charge in [-0.25, -0.2) is 0 Å². The van der Waals surface area contributed by atoms with Crippen LogP contribution in [0.1, 0.15) is 11.1 Å². The molecule has 1 amide bonds. The Kier molecular flexibility index (Phi) is 5.70. The maximum Gasteiger partial charge on any atom is 0.269 e. The van der Waals surface area contributed by atoms with Gasteiger partial charge in [0.2, 0.25) is 0 Å². The Morgan fingerprint density at radius 2 is 2.00 bits per heavy atom. The van der Waals surface area contributed by atoms with Crippen LogP contribution < -0.4 is 10.1 Å². The first-order valence-corrected chi connectivity index (χ1v) is 9.35. The number of halogens is 1. The van der Waals surface area contributed by atoms with E-state index in [-0.39, 0.29) is 18.2 Å². The fraction of sp³-hybridized carbons (Fsp3) is 0.0588. The van der Waals surface area contributed by atoms with Crippen molar-refractivity contribution in [1.29, 1.82) is 0 Å². The second kappa shape index (κ2) is 7.98. The van der Waals surface area contributed by atoms with Crippen LogP contribution in [-0.4, -0.2) is 15.2 Å². The summed E-state index contributed by atoms with van der Waals surface area (Å²) in [5, 5.41) is 13.3. The summed E-state index contributed by atoms with van der Waals surface area (Å²) >= 11 is 9.60. The molecule has 0 atom stereocenters. The standard InChI is InChI=1S/C17H11BrN2O4S2/c18-12-3-6-14(11(7-12)8-15-16(21)19-17(25)26-15)24-9-10-1-4-13(5-2-10)20(22)23/h1-8H,9H2,(H,19,21,25)/b15-8+. The van der Waals surface area contributed by atoms with Crippen molar-refractivity contribution in [2.45, 2.75) is 6.61 Å². The monoisotopic (exact) mass is 450 g/mol. The molecule has 26 heavy (non-hydrogen) atoms.